The summed E-state index contributed by atoms with van der Waals surface area (Å²) in [5.74, 6) is 5.29. The summed E-state index contributed by atoms with van der Waals surface area (Å²) in [6, 6.07) is 20.8. The molecule has 2 aromatic heterocycles. The molecule has 22 heteroatoms. The van der Waals surface area contributed by atoms with Crippen molar-refractivity contribution in [1.29, 1.82) is 0 Å². The zero-order valence-corrected chi connectivity index (χ0v) is 38.5. The summed E-state index contributed by atoms with van der Waals surface area (Å²) in [5.41, 5.74) is 15.5. The lowest BCUT2D eigenvalue weighted by Crippen LogP contribution is -2.54. The Morgan fingerprint density at radius 1 is 0.829 bits per heavy atom. The zero-order chi connectivity index (χ0) is 49.0. The predicted molar refractivity (Wildman–Crippen MR) is 255 cm³/mol. The number of likely N-dealkylation sites (tertiary alicyclic amines) is 1. The average molecular weight is 961 g/mol. The lowest BCUT2D eigenvalue weighted by Gasteiger charge is -2.33. The SMILES string of the molecule is N/C(=C\N(N)CCOCCOCCOCCOCCNc1cccc2c1C(=O)N(C1CCC(=O)NC1=O)C2=O)C(=O)N1CCCC(n2nc(-c3ccc(Oc4ccccc4)cc3)c3c(N)ncnc32)C1. The van der Waals surface area contributed by atoms with Crippen molar-refractivity contribution in [2.45, 2.75) is 37.8 Å². The summed E-state index contributed by atoms with van der Waals surface area (Å²) in [7, 11) is 0. The molecule has 5 aromatic rings. The number of hydrogen-bond acceptors (Lipinski definition) is 18. The number of amides is 5. The van der Waals surface area contributed by atoms with Crippen LogP contribution in [0.25, 0.3) is 22.3 Å². The third-order valence-corrected chi connectivity index (χ3v) is 11.8. The van der Waals surface area contributed by atoms with E-state index in [1.165, 1.54) is 17.5 Å². The normalized spacial score (nSPS) is 17.2. The fraction of sp³-hybridized carbons (Fsp3) is 0.375. The number of hydrazine groups is 1. The second-order valence-electron chi connectivity index (χ2n) is 16.6. The number of benzene rings is 3. The number of ether oxygens (including phenoxy) is 5. The maximum absolute atomic E-state index is 13.5. The van der Waals surface area contributed by atoms with E-state index in [0.717, 1.165) is 29.1 Å². The van der Waals surface area contributed by atoms with Gasteiger partial charge in [-0.05, 0) is 67.8 Å². The molecule has 0 bridgehead atoms. The van der Waals surface area contributed by atoms with E-state index in [1.54, 1.807) is 23.1 Å². The zero-order valence-electron chi connectivity index (χ0n) is 38.5. The molecule has 70 heavy (non-hydrogen) atoms. The average Bonchev–Trinajstić information content (AvgIpc) is 3.88. The van der Waals surface area contributed by atoms with E-state index >= 15 is 0 Å². The standard InChI is InChI=1S/C48H56N12O10/c49-36(47(64)57-18-5-6-32(28-57)60-44-41(43(50)53-30-54-44)42(56-60)31-11-13-34(14-12-31)70-33-7-2-1-3-8-33)29-58(51)19-21-67-23-25-69-27-26-68-24-22-66-20-17-52-37-10-4-9-35-40(37)48(65)59(46(35)63)38-15-16-39(61)55-45(38)62/h1-4,7-14,29-30,32,38,52H,5-6,15-28,49,51H2,(H2,50,53,54)(H,55,61,62)/b36-29-. The Kier molecular flexibility index (Phi) is 16.2. The summed E-state index contributed by atoms with van der Waals surface area (Å²) in [6.45, 7) is 4.14. The molecular weight excluding hydrogens is 905 g/mol. The Morgan fingerprint density at radius 3 is 2.26 bits per heavy atom. The molecular formula is C48H56N12O10. The summed E-state index contributed by atoms with van der Waals surface area (Å²) >= 11 is 0. The molecule has 22 nitrogen and oxygen atoms in total. The first-order valence-corrected chi connectivity index (χ1v) is 23.1. The lowest BCUT2D eigenvalue weighted by molar-refractivity contribution is -0.136. The highest BCUT2D eigenvalue weighted by atomic mass is 16.6. The van der Waals surface area contributed by atoms with Crippen LogP contribution in [-0.4, -0.2) is 149 Å². The van der Waals surface area contributed by atoms with Gasteiger partial charge in [0.2, 0.25) is 11.8 Å². The van der Waals surface area contributed by atoms with Crippen LogP contribution in [0, 0.1) is 0 Å². The molecule has 8 N–H and O–H groups in total. The first-order chi connectivity index (χ1) is 34.1. The Hall–Kier alpha value is -7.50. The molecule has 0 spiro atoms. The van der Waals surface area contributed by atoms with Crippen LogP contribution in [0.15, 0.2) is 91.0 Å². The van der Waals surface area contributed by atoms with Gasteiger partial charge in [-0.2, -0.15) is 5.10 Å². The fourth-order valence-corrected chi connectivity index (χ4v) is 8.43. The van der Waals surface area contributed by atoms with Crippen LogP contribution >= 0.6 is 0 Å². The Balaban J connectivity index is 0.687. The van der Waals surface area contributed by atoms with Gasteiger partial charge in [-0.25, -0.2) is 20.5 Å². The smallest absolute Gasteiger partial charge is 0.271 e. The topological polar surface area (TPSA) is 287 Å². The van der Waals surface area contributed by atoms with Crippen LogP contribution in [0.1, 0.15) is 52.4 Å². The molecule has 5 amide bonds. The number of piperidine rings is 2. The molecule has 0 saturated carbocycles. The number of carbonyl (C=O) groups excluding carboxylic acids is 5. The first kappa shape index (κ1) is 48.9. The number of nitrogens with zero attached hydrogens (tertiary/aromatic N) is 7. The number of carbonyl (C=O) groups is 5. The summed E-state index contributed by atoms with van der Waals surface area (Å²) in [6.07, 6.45) is 4.44. The Morgan fingerprint density at radius 2 is 1.53 bits per heavy atom. The second kappa shape index (κ2) is 23.2. The summed E-state index contributed by atoms with van der Waals surface area (Å²) in [4.78, 5) is 75.2. The number of nitrogens with two attached hydrogens (primary N) is 3. The van der Waals surface area contributed by atoms with Crippen LogP contribution in [-0.2, 0) is 33.3 Å². The molecule has 8 rings (SSSR count). The number of nitrogen functional groups attached to an aromatic ring is 1. The molecule has 2 atom stereocenters. The monoisotopic (exact) mass is 960 g/mol. The molecule has 3 aliphatic rings. The highest BCUT2D eigenvalue weighted by molar-refractivity contribution is 6.25. The minimum absolute atomic E-state index is 0.00275. The Bertz CT molecular complexity index is 2700. The van der Waals surface area contributed by atoms with Crippen molar-refractivity contribution < 1.29 is 47.7 Å². The van der Waals surface area contributed by atoms with E-state index in [2.05, 4.69) is 20.6 Å². The van der Waals surface area contributed by atoms with E-state index in [4.69, 9.17) is 46.1 Å². The quantitative estimate of drug-likeness (QED) is 0.0207. The van der Waals surface area contributed by atoms with Crippen LogP contribution in [0.2, 0.25) is 0 Å². The highest BCUT2D eigenvalue weighted by Crippen LogP contribution is 2.36. The summed E-state index contributed by atoms with van der Waals surface area (Å²) < 4.78 is 30.2. The third kappa shape index (κ3) is 11.7. The van der Waals surface area contributed by atoms with E-state index in [1.807, 2.05) is 59.3 Å². The number of fused-ring (bicyclic) bond motifs is 2. The fourth-order valence-electron chi connectivity index (χ4n) is 8.43. The van der Waals surface area contributed by atoms with Crippen molar-refractivity contribution in [3.8, 4) is 22.8 Å². The van der Waals surface area contributed by atoms with Crippen molar-refractivity contribution in [3.05, 3.63) is 102 Å². The minimum Gasteiger partial charge on any atom is -0.457 e. The van der Waals surface area contributed by atoms with Gasteiger partial charge in [-0.3, -0.25) is 34.2 Å². The molecule has 2 unspecified atom stereocenters. The molecule has 3 aliphatic heterocycles. The first-order valence-electron chi connectivity index (χ1n) is 23.1. The predicted octanol–water partition coefficient (Wildman–Crippen LogP) is 2.59. The number of rotatable bonds is 23. The van der Waals surface area contributed by atoms with Crippen molar-refractivity contribution in [2.24, 2.45) is 11.6 Å². The van der Waals surface area contributed by atoms with Gasteiger partial charge in [0.25, 0.3) is 17.7 Å². The van der Waals surface area contributed by atoms with Gasteiger partial charge in [-0.15, -0.1) is 0 Å². The van der Waals surface area contributed by atoms with Crippen LogP contribution in [0.3, 0.4) is 0 Å². The van der Waals surface area contributed by atoms with Gasteiger partial charge in [0.05, 0.1) is 82.0 Å². The molecule has 0 radical (unpaired) electrons. The highest BCUT2D eigenvalue weighted by Gasteiger charge is 2.45. The molecule has 368 valence electrons. The largest absolute Gasteiger partial charge is 0.457 e. The maximum atomic E-state index is 13.5. The van der Waals surface area contributed by atoms with Crippen LogP contribution in [0.5, 0.6) is 11.5 Å². The Labute approximate surface area is 402 Å². The molecule has 2 fully saturated rings. The van der Waals surface area contributed by atoms with Gasteiger partial charge in [-0.1, -0.05) is 24.3 Å². The van der Waals surface area contributed by atoms with Gasteiger partial charge < -0.3 is 50.4 Å². The lowest BCUT2D eigenvalue weighted by atomic mass is 10.0. The second-order valence-corrected chi connectivity index (χ2v) is 16.6. The van der Waals surface area contributed by atoms with E-state index in [0.29, 0.717) is 99.9 Å². The van der Waals surface area contributed by atoms with E-state index in [-0.39, 0.29) is 54.8 Å². The van der Waals surface area contributed by atoms with Gasteiger partial charge >= 0.3 is 0 Å². The molecule has 5 heterocycles. The number of imide groups is 2. The summed E-state index contributed by atoms with van der Waals surface area (Å²) in [5, 5.41) is 12.3. The molecule has 3 aromatic carbocycles. The number of nitrogens with one attached hydrogen (secondary N) is 2. The van der Waals surface area contributed by atoms with Gasteiger partial charge in [0.1, 0.15) is 41.1 Å². The van der Waals surface area contributed by atoms with Crippen molar-refractivity contribution in [1.82, 2.24) is 39.9 Å². The van der Waals surface area contributed by atoms with Crippen molar-refractivity contribution >= 4 is 52.1 Å². The van der Waals surface area contributed by atoms with Crippen LogP contribution < -0.4 is 32.7 Å². The van der Waals surface area contributed by atoms with E-state index in [9.17, 15) is 24.0 Å². The van der Waals surface area contributed by atoms with Crippen LogP contribution in [0.4, 0.5) is 11.5 Å². The molecule has 0 aliphatic carbocycles. The van der Waals surface area contributed by atoms with Crippen molar-refractivity contribution in [2.75, 3.05) is 90.1 Å². The number of anilines is 2. The van der Waals surface area contributed by atoms with Crippen molar-refractivity contribution in [3.63, 3.8) is 0 Å². The minimum atomic E-state index is -1.03. The maximum Gasteiger partial charge on any atom is 0.271 e. The van der Waals surface area contributed by atoms with E-state index < -0.39 is 29.7 Å². The van der Waals surface area contributed by atoms with Gasteiger partial charge in [0, 0.05) is 43.5 Å². The third-order valence-electron chi connectivity index (χ3n) is 11.8. The molecule has 2 saturated heterocycles. The number of para-hydroxylation sites is 1. The number of aromatic nitrogens is 4. The van der Waals surface area contributed by atoms with Gasteiger partial charge in [0.15, 0.2) is 5.65 Å². The number of hydrogen-bond donors (Lipinski definition) is 5.